The first kappa shape index (κ1) is 21.1. The van der Waals surface area contributed by atoms with Crippen LogP contribution in [0.2, 0.25) is 5.02 Å². The molecule has 4 nitrogen and oxygen atoms in total. The van der Waals surface area contributed by atoms with E-state index < -0.39 is 0 Å². The monoisotopic (exact) mass is 421 g/mol. The molecule has 1 aliphatic heterocycles. The number of ether oxygens (including phenoxy) is 1. The van der Waals surface area contributed by atoms with Gasteiger partial charge in [0.25, 0.3) is 0 Å². The molecule has 1 fully saturated rings. The van der Waals surface area contributed by atoms with Crippen LogP contribution in [0.1, 0.15) is 62.4 Å². The van der Waals surface area contributed by atoms with Gasteiger partial charge in [0.05, 0.1) is 0 Å². The van der Waals surface area contributed by atoms with Gasteiger partial charge < -0.3 is 0 Å². The van der Waals surface area contributed by atoms with Crippen LogP contribution in [0.25, 0.3) is 5.69 Å². The van der Waals surface area contributed by atoms with Crippen molar-refractivity contribution in [3.05, 3.63) is 76.3 Å². The predicted molar refractivity (Wildman–Crippen MR) is 124 cm³/mol. The van der Waals surface area contributed by atoms with Crippen molar-refractivity contribution in [1.82, 2.24) is 14.8 Å². The molecule has 1 N–H and O–H groups in total. The van der Waals surface area contributed by atoms with Crippen LogP contribution in [0.3, 0.4) is 0 Å². The van der Waals surface area contributed by atoms with Crippen molar-refractivity contribution in [2.45, 2.75) is 64.6 Å². The van der Waals surface area contributed by atoms with Crippen LogP contribution in [0, 0.1) is 0 Å². The summed E-state index contributed by atoms with van der Waals surface area (Å²) in [6.45, 7) is 9.83. The number of hydrogen-bond acceptors (Lipinski definition) is 3. The van der Waals surface area contributed by atoms with E-state index >= 15 is 0 Å². The Balaban J connectivity index is 1.45. The van der Waals surface area contributed by atoms with E-state index in [9.17, 15) is 0 Å². The van der Waals surface area contributed by atoms with E-state index in [2.05, 4.69) is 48.5 Å². The fourth-order valence-electron chi connectivity index (χ4n) is 4.37. The fourth-order valence-corrected chi connectivity index (χ4v) is 4.57. The maximum atomic E-state index is 6.24. The molecule has 0 saturated heterocycles. The van der Waals surface area contributed by atoms with Gasteiger partial charge in [-0.25, -0.2) is 0 Å². The minimum atomic E-state index is 0.233. The molecule has 2 heterocycles. The van der Waals surface area contributed by atoms with E-state index in [1.807, 2.05) is 25.3 Å². The topological polar surface area (TPSA) is 39.1 Å². The second-order valence-corrected chi connectivity index (χ2v) is 8.92. The Kier molecular flexibility index (Phi) is 6.60. The molecule has 6 heteroatoms. The average molecular weight is 422 g/mol. The van der Waals surface area contributed by atoms with E-state index in [1.54, 1.807) is 0 Å². The molecule has 2 aliphatic rings. The standard InChI is InChI=1S/C24H29BClN3O/c1-16(2)5-4-6-17(3)30-21-10-7-18(8-11-21)24-28-25-23-15-27-14-19-13-20(26)9-12-22(19)29(23)24/h4-6,9,12-13,18,21,27H,3,7-8,10-11,14-15H2,1-2H3/b6-4-. The van der Waals surface area contributed by atoms with Gasteiger partial charge >= 0.3 is 171 Å². The summed E-state index contributed by atoms with van der Waals surface area (Å²) >= 11 is 6.24. The summed E-state index contributed by atoms with van der Waals surface area (Å²) in [6.07, 6.45) is 10.4. The van der Waals surface area contributed by atoms with Crippen LogP contribution in [0.15, 0.2) is 54.3 Å². The quantitative estimate of drug-likeness (QED) is 0.508. The molecule has 0 bridgehead atoms. The molecule has 30 heavy (non-hydrogen) atoms. The molecule has 4 rings (SSSR count). The Morgan fingerprint density at radius 3 is 2.83 bits per heavy atom. The third-order valence-corrected chi connectivity index (χ3v) is 6.07. The van der Waals surface area contributed by atoms with E-state index in [-0.39, 0.29) is 6.10 Å². The van der Waals surface area contributed by atoms with Gasteiger partial charge in [-0.3, -0.25) is 0 Å². The van der Waals surface area contributed by atoms with E-state index in [1.165, 1.54) is 22.4 Å². The third-order valence-electron chi connectivity index (χ3n) is 5.84. The van der Waals surface area contributed by atoms with Crippen molar-refractivity contribution in [3.63, 3.8) is 0 Å². The van der Waals surface area contributed by atoms with Crippen molar-refractivity contribution >= 4 is 18.7 Å². The number of nitrogens with one attached hydrogen (secondary N) is 1. The van der Waals surface area contributed by atoms with Gasteiger partial charge in [0.1, 0.15) is 0 Å². The molecule has 0 amide bonds. The Morgan fingerprint density at radius 1 is 1.27 bits per heavy atom. The second-order valence-electron chi connectivity index (χ2n) is 8.48. The Morgan fingerprint density at radius 2 is 2.07 bits per heavy atom. The third kappa shape index (κ3) is 4.79. The molecule has 1 aromatic carbocycles. The van der Waals surface area contributed by atoms with Crippen LogP contribution >= 0.6 is 11.6 Å². The number of allylic oxidation sites excluding steroid dienone is 4. The van der Waals surface area contributed by atoms with Crippen LogP contribution in [-0.4, -0.2) is 22.6 Å². The molecule has 156 valence electrons. The number of nitrogens with zero attached hydrogens (tertiary/aromatic N) is 2. The van der Waals surface area contributed by atoms with Gasteiger partial charge in [-0.15, -0.1) is 0 Å². The van der Waals surface area contributed by atoms with Gasteiger partial charge in [-0.1, -0.05) is 0 Å². The number of aromatic nitrogens is 2. The molecule has 0 unspecified atom stereocenters. The Hall–Kier alpha value is -2.11. The van der Waals surface area contributed by atoms with Gasteiger partial charge in [0.2, 0.25) is 0 Å². The minimum absolute atomic E-state index is 0.233. The van der Waals surface area contributed by atoms with Crippen LogP contribution < -0.4 is 5.32 Å². The van der Waals surface area contributed by atoms with Crippen molar-refractivity contribution in [3.8, 4) is 5.69 Å². The van der Waals surface area contributed by atoms with Gasteiger partial charge in [0, 0.05) is 0 Å². The van der Waals surface area contributed by atoms with E-state index in [0.29, 0.717) is 5.92 Å². The summed E-state index contributed by atoms with van der Waals surface area (Å²) in [5, 5.41) is 4.27. The molecule has 1 saturated carbocycles. The predicted octanol–water partition coefficient (Wildman–Crippen LogP) is 5.55. The van der Waals surface area contributed by atoms with E-state index in [4.69, 9.17) is 21.2 Å². The average Bonchev–Trinajstić information content (AvgIpc) is 3.04. The molecule has 2 aromatic rings. The molecule has 0 atom stereocenters. The molecule has 0 spiro atoms. The van der Waals surface area contributed by atoms with Crippen LogP contribution in [0.4, 0.5) is 0 Å². The van der Waals surface area contributed by atoms with Crippen molar-refractivity contribution in [2.24, 2.45) is 0 Å². The number of hydrogen-bond donors (Lipinski definition) is 1. The number of halogens is 1. The summed E-state index contributed by atoms with van der Waals surface area (Å²) in [6, 6.07) is 6.15. The summed E-state index contributed by atoms with van der Waals surface area (Å²) in [5.74, 6) is 2.34. The SMILES string of the molecule is C=C(/C=C\C=C(C)C)OC1CCC(c2nbc3n2-c2ccc(Cl)cc2CNC3)CC1. The summed E-state index contributed by atoms with van der Waals surface area (Å²) in [5.41, 5.74) is 4.89. The summed E-state index contributed by atoms with van der Waals surface area (Å²) in [4.78, 5) is 4.84. The van der Waals surface area contributed by atoms with E-state index in [0.717, 1.165) is 55.4 Å². The Bertz CT molecular complexity index is 982. The van der Waals surface area contributed by atoms with Gasteiger partial charge in [-0.2, -0.15) is 0 Å². The molecule has 1 aromatic heterocycles. The molecular weight excluding hydrogens is 393 g/mol. The summed E-state index contributed by atoms with van der Waals surface area (Å²) < 4.78 is 8.42. The van der Waals surface area contributed by atoms with Crippen LogP contribution in [-0.2, 0) is 17.8 Å². The summed E-state index contributed by atoms with van der Waals surface area (Å²) in [7, 11) is 2.02. The first-order valence-corrected chi connectivity index (χ1v) is 11.1. The number of benzene rings is 1. The fraction of sp³-hybridized carbons (Fsp3) is 0.417. The molecule has 1 aliphatic carbocycles. The molecule has 0 radical (unpaired) electrons. The second kappa shape index (κ2) is 9.36. The number of fused-ring (bicyclic) bond motifs is 3. The molecular formula is C24H29BClN3O. The Labute approximate surface area is 184 Å². The normalized spacial score (nSPS) is 20.8. The van der Waals surface area contributed by atoms with Crippen molar-refractivity contribution in [1.29, 1.82) is 0 Å². The van der Waals surface area contributed by atoms with Crippen molar-refractivity contribution in [2.75, 3.05) is 0 Å². The zero-order valence-electron chi connectivity index (χ0n) is 17.8. The number of rotatable bonds is 5. The first-order chi connectivity index (χ1) is 14.5. The van der Waals surface area contributed by atoms with Gasteiger partial charge in [0.15, 0.2) is 0 Å². The van der Waals surface area contributed by atoms with Crippen molar-refractivity contribution < 1.29 is 4.74 Å². The zero-order valence-corrected chi connectivity index (χ0v) is 18.6. The van der Waals surface area contributed by atoms with Gasteiger partial charge in [-0.05, 0) is 13.8 Å². The zero-order chi connectivity index (χ0) is 21.1. The first-order valence-electron chi connectivity index (χ1n) is 10.7. The maximum absolute atomic E-state index is 6.24. The van der Waals surface area contributed by atoms with Crippen LogP contribution in [0.5, 0.6) is 0 Å².